The lowest BCUT2D eigenvalue weighted by molar-refractivity contribution is -0.123. The predicted octanol–water partition coefficient (Wildman–Crippen LogP) is 2.01. The van der Waals surface area contributed by atoms with Crippen LogP contribution in [0, 0.1) is 23.7 Å². The molecular formula is C13H28N2O. The molecule has 0 bridgehead atoms. The molecule has 0 aliphatic carbocycles. The van der Waals surface area contributed by atoms with Crippen molar-refractivity contribution in [2.75, 3.05) is 6.54 Å². The van der Waals surface area contributed by atoms with Gasteiger partial charge in [0.2, 0.25) is 5.91 Å². The Balaban J connectivity index is 4.16. The fraction of sp³-hybridized carbons (Fsp3) is 0.923. The molecule has 0 aliphatic heterocycles. The first-order chi connectivity index (χ1) is 7.27. The standard InChI is InChI=1S/C13H28N2O/c1-8(2)11(9(3)4)7-15-13(16)12(14)10(5)6/h8-12H,7,14H2,1-6H3,(H,15,16)/t12-/m1/s1. The van der Waals surface area contributed by atoms with Crippen LogP contribution in [-0.4, -0.2) is 18.5 Å². The summed E-state index contributed by atoms with van der Waals surface area (Å²) in [5, 5.41) is 2.96. The van der Waals surface area contributed by atoms with Crippen molar-refractivity contribution in [2.24, 2.45) is 29.4 Å². The van der Waals surface area contributed by atoms with E-state index in [4.69, 9.17) is 5.73 Å². The van der Waals surface area contributed by atoms with Crippen LogP contribution in [0.1, 0.15) is 41.5 Å². The minimum Gasteiger partial charge on any atom is -0.354 e. The highest BCUT2D eigenvalue weighted by molar-refractivity contribution is 5.81. The van der Waals surface area contributed by atoms with E-state index in [0.29, 0.717) is 17.8 Å². The summed E-state index contributed by atoms with van der Waals surface area (Å²) in [6.07, 6.45) is 0. The Morgan fingerprint density at radius 1 is 1.00 bits per heavy atom. The van der Waals surface area contributed by atoms with E-state index in [1.54, 1.807) is 0 Å². The van der Waals surface area contributed by atoms with E-state index in [2.05, 4.69) is 33.0 Å². The first-order valence-corrected chi connectivity index (χ1v) is 6.30. The molecule has 3 nitrogen and oxygen atoms in total. The first kappa shape index (κ1) is 15.4. The molecule has 0 aromatic heterocycles. The Bertz CT molecular complexity index is 204. The zero-order chi connectivity index (χ0) is 12.9. The topological polar surface area (TPSA) is 55.1 Å². The minimum atomic E-state index is -0.389. The summed E-state index contributed by atoms with van der Waals surface area (Å²) >= 11 is 0. The van der Waals surface area contributed by atoms with E-state index >= 15 is 0 Å². The molecule has 0 aliphatic rings. The van der Waals surface area contributed by atoms with Gasteiger partial charge < -0.3 is 11.1 Å². The van der Waals surface area contributed by atoms with Crippen LogP contribution in [0.3, 0.4) is 0 Å². The maximum Gasteiger partial charge on any atom is 0.237 e. The number of nitrogens with two attached hydrogens (primary N) is 1. The van der Waals surface area contributed by atoms with Crippen LogP contribution in [0.5, 0.6) is 0 Å². The molecule has 0 saturated heterocycles. The molecule has 0 fully saturated rings. The van der Waals surface area contributed by atoms with Gasteiger partial charge in [0, 0.05) is 6.54 Å². The lowest BCUT2D eigenvalue weighted by atomic mass is 9.85. The zero-order valence-electron chi connectivity index (χ0n) is 11.6. The van der Waals surface area contributed by atoms with Gasteiger partial charge in [0.15, 0.2) is 0 Å². The molecule has 0 unspecified atom stereocenters. The molecule has 0 rings (SSSR count). The highest BCUT2D eigenvalue weighted by Gasteiger charge is 2.21. The lowest BCUT2D eigenvalue weighted by Crippen LogP contribution is -2.46. The molecule has 16 heavy (non-hydrogen) atoms. The lowest BCUT2D eigenvalue weighted by Gasteiger charge is -2.26. The summed E-state index contributed by atoms with van der Waals surface area (Å²) in [7, 11) is 0. The van der Waals surface area contributed by atoms with Gasteiger partial charge in [-0.05, 0) is 23.7 Å². The van der Waals surface area contributed by atoms with Gasteiger partial charge in [-0.15, -0.1) is 0 Å². The van der Waals surface area contributed by atoms with Crippen LogP contribution in [-0.2, 0) is 4.79 Å². The average Bonchev–Trinajstić information content (AvgIpc) is 2.15. The van der Waals surface area contributed by atoms with Crippen molar-refractivity contribution in [1.29, 1.82) is 0 Å². The third kappa shape index (κ3) is 4.97. The van der Waals surface area contributed by atoms with Crippen molar-refractivity contribution in [1.82, 2.24) is 5.32 Å². The molecule has 0 saturated carbocycles. The van der Waals surface area contributed by atoms with E-state index in [0.717, 1.165) is 6.54 Å². The fourth-order valence-corrected chi connectivity index (χ4v) is 1.88. The second-order valence-electron chi connectivity index (χ2n) is 5.67. The number of rotatable bonds is 6. The molecule has 0 spiro atoms. The third-order valence-corrected chi connectivity index (χ3v) is 3.25. The Morgan fingerprint density at radius 2 is 1.44 bits per heavy atom. The SMILES string of the molecule is CC(C)C(CNC(=O)[C@H](N)C(C)C)C(C)C. The molecule has 1 amide bonds. The predicted molar refractivity (Wildman–Crippen MR) is 69.0 cm³/mol. The number of hydrogen-bond acceptors (Lipinski definition) is 2. The normalized spacial score (nSPS) is 13.9. The zero-order valence-corrected chi connectivity index (χ0v) is 11.6. The molecule has 0 radical (unpaired) electrons. The van der Waals surface area contributed by atoms with E-state index in [-0.39, 0.29) is 17.9 Å². The van der Waals surface area contributed by atoms with Gasteiger partial charge in [-0.25, -0.2) is 0 Å². The average molecular weight is 228 g/mol. The van der Waals surface area contributed by atoms with Gasteiger partial charge in [-0.2, -0.15) is 0 Å². The van der Waals surface area contributed by atoms with Crippen molar-refractivity contribution in [3.8, 4) is 0 Å². The van der Waals surface area contributed by atoms with Gasteiger partial charge in [0.1, 0.15) is 0 Å². The van der Waals surface area contributed by atoms with Gasteiger partial charge in [0.25, 0.3) is 0 Å². The van der Waals surface area contributed by atoms with Crippen molar-refractivity contribution >= 4 is 5.91 Å². The number of nitrogens with one attached hydrogen (secondary N) is 1. The van der Waals surface area contributed by atoms with E-state index < -0.39 is 0 Å². The van der Waals surface area contributed by atoms with Crippen molar-refractivity contribution in [3.63, 3.8) is 0 Å². The highest BCUT2D eigenvalue weighted by atomic mass is 16.2. The summed E-state index contributed by atoms with van der Waals surface area (Å²) < 4.78 is 0. The summed E-state index contributed by atoms with van der Waals surface area (Å²) in [6, 6.07) is -0.389. The smallest absolute Gasteiger partial charge is 0.237 e. The minimum absolute atomic E-state index is 0.0266. The maximum absolute atomic E-state index is 11.7. The monoisotopic (exact) mass is 228 g/mol. The highest BCUT2D eigenvalue weighted by Crippen LogP contribution is 2.19. The fourth-order valence-electron chi connectivity index (χ4n) is 1.88. The molecule has 0 aromatic carbocycles. The summed E-state index contributed by atoms with van der Waals surface area (Å²) in [6.45, 7) is 13.4. The second-order valence-corrected chi connectivity index (χ2v) is 5.67. The quantitative estimate of drug-likeness (QED) is 0.730. The van der Waals surface area contributed by atoms with E-state index in [1.807, 2.05) is 13.8 Å². The van der Waals surface area contributed by atoms with Crippen molar-refractivity contribution in [3.05, 3.63) is 0 Å². The van der Waals surface area contributed by atoms with Crippen LogP contribution in [0.25, 0.3) is 0 Å². The van der Waals surface area contributed by atoms with Gasteiger partial charge in [-0.3, -0.25) is 4.79 Å². The van der Waals surface area contributed by atoms with Crippen LogP contribution in [0.2, 0.25) is 0 Å². The largest absolute Gasteiger partial charge is 0.354 e. The molecule has 0 heterocycles. The first-order valence-electron chi connectivity index (χ1n) is 6.30. The second kappa shape index (κ2) is 6.89. The Kier molecular flexibility index (Phi) is 6.65. The number of carbonyl (C=O) groups is 1. The van der Waals surface area contributed by atoms with Gasteiger partial charge >= 0.3 is 0 Å². The molecule has 0 aromatic rings. The Hall–Kier alpha value is -0.570. The molecule has 3 heteroatoms. The molecule has 96 valence electrons. The van der Waals surface area contributed by atoms with Crippen molar-refractivity contribution in [2.45, 2.75) is 47.6 Å². The number of hydrogen-bond donors (Lipinski definition) is 2. The van der Waals surface area contributed by atoms with Gasteiger partial charge in [0.05, 0.1) is 6.04 Å². The van der Waals surface area contributed by atoms with Gasteiger partial charge in [-0.1, -0.05) is 41.5 Å². The van der Waals surface area contributed by atoms with Crippen LogP contribution in [0.4, 0.5) is 0 Å². The van der Waals surface area contributed by atoms with Crippen LogP contribution in [0.15, 0.2) is 0 Å². The third-order valence-electron chi connectivity index (χ3n) is 3.25. The van der Waals surface area contributed by atoms with Crippen LogP contribution >= 0.6 is 0 Å². The summed E-state index contributed by atoms with van der Waals surface area (Å²) in [5.41, 5.74) is 5.79. The maximum atomic E-state index is 11.7. The van der Waals surface area contributed by atoms with Crippen molar-refractivity contribution < 1.29 is 4.79 Å². The summed E-state index contributed by atoms with van der Waals surface area (Å²) in [4.78, 5) is 11.7. The molecular weight excluding hydrogens is 200 g/mol. The Labute approximate surface area is 100 Å². The van der Waals surface area contributed by atoms with E-state index in [9.17, 15) is 4.79 Å². The van der Waals surface area contributed by atoms with E-state index in [1.165, 1.54) is 0 Å². The summed E-state index contributed by atoms with van der Waals surface area (Å²) in [5.74, 6) is 1.84. The number of carbonyl (C=O) groups excluding carboxylic acids is 1. The number of amides is 1. The van der Waals surface area contributed by atoms with Crippen LogP contribution < -0.4 is 11.1 Å². The molecule has 1 atom stereocenters. The Morgan fingerprint density at radius 3 is 1.75 bits per heavy atom. The molecule has 3 N–H and O–H groups in total.